The molecule has 1 unspecified atom stereocenters. The largest absolute Gasteiger partial charge is 0.498 e. The highest BCUT2D eigenvalue weighted by atomic mass is 19.4. The summed E-state index contributed by atoms with van der Waals surface area (Å²) in [5.74, 6) is 3.68. The third-order valence-corrected chi connectivity index (χ3v) is 4.76. The van der Waals surface area contributed by atoms with E-state index in [1.807, 2.05) is 18.2 Å². The van der Waals surface area contributed by atoms with E-state index in [0.717, 1.165) is 12.0 Å². The number of hydrogen-bond donors (Lipinski definition) is 4. The molecule has 3 rings (SSSR count). The number of nitrogens with one attached hydrogen (secondary N) is 2. The van der Waals surface area contributed by atoms with Crippen LogP contribution in [0.4, 0.5) is 13.2 Å². The van der Waals surface area contributed by atoms with E-state index in [1.54, 1.807) is 0 Å². The van der Waals surface area contributed by atoms with Gasteiger partial charge in [0.25, 0.3) is 0 Å². The first kappa shape index (κ1) is 20.3. The van der Waals surface area contributed by atoms with Crippen molar-refractivity contribution in [2.24, 2.45) is 11.0 Å². The van der Waals surface area contributed by atoms with Crippen molar-refractivity contribution in [3.05, 3.63) is 52.6 Å². The molecule has 0 aromatic carbocycles. The van der Waals surface area contributed by atoms with Crippen molar-refractivity contribution >= 4 is 5.87 Å². The first-order chi connectivity index (χ1) is 13.3. The number of rotatable bonds is 7. The topological polar surface area (TPSA) is 86.1 Å². The smallest absolute Gasteiger partial charge is 0.392 e. The first-order valence-corrected chi connectivity index (χ1v) is 9.02. The van der Waals surface area contributed by atoms with Gasteiger partial charge in [-0.25, -0.2) is 0 Å². The zero-order valence-electron chi connectivity index (χ0n) is 15.1. The Morgan fingerprint density at radius 1 is 1.36 bits per heavy atom. The molecule has 3 aliphatic rings. The predicted molar refractivity (Wildman–Crippen MR) is 96.6 cm³/mol. The minimum atomic E-state index is -4.22. The normalized spacial score (nSPS) is 21.6. The zero-order chi connectivity index (χ0) is 20.1. The second kappa shape index (κ2) is 8.68. The van der Waals surface area contributed by atoms with E-state index in [9.17, 15) is 23.4 Å². The maximum atomic E-state index is 12.3. The Labute approximate surface area is 160 Å². The molecule has 0 aromatic heterocycles. The summed E-state index contributed by atoms with van der Waals surface area (Å²) in [6.07, 6.45) is 2.45. The molecule has 1 aliphatic heterocycles. The Bertz CT molecular complexity index is 788. The van der Waals surface area contributed by atoms with Crippen LogP contribution in [-0.4, -0.2) is 41.7 Å². The van der Waals surface area contributed by atoms with Gasteiger partial charge in [0.05, 0.1) is 24.4 Å². The molecule has 1 atom stereocenters. The van der Waals surface area contributed by atoms with E-state index in [2.05, 4.69) is 21.7 Å². The van der Waals surface area contributed by atoms with Crippen molar-refractivity contribution in [1.29, 1.82) is 0 Å². The Kier molecular flexibility index (Phi) is 6.28. The van der Waals surface area contributed by atoms with Crippen LogP contribution in [0, 0.1) is 5.92 Å². The van der Waals surface area contributed by atoms with E-state index in [0.29, 0.717) is 31.0 Å². The molecule has 9 heteroatoms. The van der Waals surface area contributed by atoms with Gasteiger partial charge in [0.15, 0.2) is 6.29 Å². The van der Waals surface area contributed by atoms with Crippen LogP contribution in [0.2, 0.25) is 0 Å². The Balaban J connectivity index is 1.62. The van der Waals surface area contributed by atoms with Crippen LogP contribution in [0.1, 0.15) is 25.7 Å². The molecule has 0 radical (unpaired) electrons. The molecule has 28 heavy (non-hydrogen) atoms. The number of halogens is 3. The molecule has 0 bridgehead atoms. The van der Waals surface area contributed by atoms with E-state index in [4.69, 9.17) is 4.74 Å². The van der Waals surface area contributed by atoms with Crippen molar-refractivity contribution in [1.82, 2.24) is 10.7 Å². The fraction of sp³-hybridized carbons (Fsp3) is 0.474. The van der Waals surface area contributed by atoms with Crippen LogP contribution >= 0.6 is 0 Å². The Morgan fingerprint density at radius 3 is 2.93 bits per heavy atom. The number of nitrogens with zero attached hydrogens (tertiary/aromatic N) is 1. The molecule has 1 heterocycles. The van der Waals surface area contributed by atoms with Gasteiger partial charge in [-0.05, 0) is 24.5 Å². The van der Waals surface area contributed by atoms with Gasteiger partial charge in [-0.15, -0.1) is 5.10 Å². The Hall–Kier alpha value is -2.48. The van der Waals surface area contributed by atoms with Gasteiger partial charge in [0, 0.05) is 30.8 Å². The average molecular weight is 397 g/mol. The van der Waals surface area contributed by atoms with E-state index >= 15 is 0 Å². The molecule has 6 nitrogen and oxygen atoms in total. The van der Waals surface area contributed by atoms with Crippen molar-refractivity contribution in [2.75, 3.05) is 13.2 Å². The van der Waals surface area contributed by atoms with Gasteiger partial charge in [-0.3, -0.25) is 5.43 Å². The fourth-order valence-corrected chi connectivity index (χ4v) is 3.35. The highest BCUT2D eigenvalue weighted by Gasteiger charge is 2.28. The molecular weight excluding hydrogens is 375 g/mol. The van der Waals surface area contributed by atoms with Crippen molar-refractivity contribution < 1.29 is 28.1 Å². The summed E-state index contributed by atoms with van der Waals surface area (Å²) in [7, 11) is 0. The van der Waals surface area contributed by atoms with Crippen LogP contribution in [0.15, 0.2) is 57.7 Å². The van der Waals surface area contributed by atoms with Crippen LogP contribution in [0.5, 0.6) is 0 Å². The first-order valence-electron chi connectivity index (χ1n) is 9.02. The lowest BCUT2D eigenvalue weighted by Crippen LogP contribution is -2.34. The maximum absolute atomic E-state index is 12.3. The number of hydrazone groups is 1. The second-order valence-corrected chi connectivity index (χ2v) is 6.72. The molecule has 0 saturated heterocycles. The number of alkyl halides is 3. The van der Waals surface area contributed by atoms with Crippen LogP contribution in [0.25, 0.3) is 0 Å². The summed E-state index contributed by atoms with van der Waals surface area (Å²) in [5, 5.41) is 25.7. The fourth-order valence-electron chi connectivity index (χ4n) is 3.35. The highest BCUT2D eigenvalue weighted by Crippen LogP contribution is 2.35. The monoisotopic (exact) mass is 397 g/mol. The molecule has 2 aliphatic carbocycles. The third kappa shape index (κ3) is 5.28. The van der Waals surface area contributed by atoms with E-state index in [-0.39, 0.29) is 18.1 Å². The van der Waals surface area contributed by atoms with Gasteiger partial charge in [0.2, 0.25) is 0 Å². The number of allylic oxidation sites excluding steroid dienone is 5. The SMILES string of the molecule is OC(O)C1=C(NCC2CC=CC3=C2CCC(OCCC(F)(F)F)=C3)NN=C=C1. The number of aliphatic hydroxyl groups is 2. The van der Waals surface area contributed by atoms with Crippen LogP contribution < -0.4 is 10.7 Å². The summed E-state index contributed by atoms with van der Waals surface area (Å²) in [5.41, 5.74) is 5.10. The highest BCUT2D eigenvalue weighted by molar-refractivity contribution is 5.60. The maximum Gasteiger partial charge on any atom is 0.392 e. The third-order valence-electron chi connectivity index (χ3n) is 4.76. The lowest BCUT2D eigenvalue weighted by atomic mass is 9.81. The molecular formula is C19H22F3N3O3. The second-order valence-electron chi connectivity index (χ2n) is 6.72. The predicted octanol–water partition coefficient (Wildman–Crippen LogP) is 2.36. The standard InChI is InChI=1S/C19H22F3N3O3/c20-19(21,22)7-9-28-14-4-5-15-12(10-14)2-1-3-13(15)11-23-17-16(18(26)27)6-8-24-25-17/h1-2,6,10,13,18,23,25-27H,3-5,7,9,11H2. The summed E-state index contributed by atoms with van der Waals surface area (Å²) < 4.78 is 42.1. The Morgan fingerprint density at radius 2 is 2.18 bits per heavy atom. The van der Waals surface area contributed by atoms with E-state index in [1.165, 1.54) is 11.6 Å². The van der Waals surface area contributed by atoms with Crippen molar-refractivity contribution in [3.8, 4) is 0 Å². The summed E-state index contributed by atoms with van der Waals surface area (Å²) in [6, 6.07) is 0. The molecule has 0 spiro atoms. The number of hydrogen-bond acceptors (Lipinski definition) is 6. The van der Waals surface area contributed by atoms with Gasteiger partial charge in [-0.2, -0.15) is 13.2 Å². The van der Waals surface area contributed by atoms with Crippen molar-refractivity contribution in [3.63, 3.8) is 0 Å². The van der Waals surface area contributed by atoms with Gasteiger partial charge in [0.1, 0.15) is 5.82 Å². The minimum absolute atomic E-state index is 0.175. The zero-order valence-corrected chi connectivity index (χ0v) is 15.1. The average Bonchev–Trinajstić information content (AvgIpc) is 2.65. The number of ether oxygens (including phenoxy) is 1. The summed E-state index contributed by atoms with van der Waals surface area (Å²) >= 11 is 0. The van der Waals surface area contributed by atoms with E-state index < -0.39 is 18.9 Å². The molecule has 0 aromatic rings. The molecule has 4 N–H and O–H groups in total. The summed E-state index contributed by atoms with van der Waals surface area (Å²) in [4.78, 5) is 0. The quantitative estimate of drug-likeness (QED) is 0.496. The van der Waals surface area contributed by atoms with Crippen LogP contribution in [0.3, 0.4) is 0 Å². The molecule has 0 saturated carbocycles. The summed E-state index contributed by atoms with van der Waals surface area (Å²) in [6.45, 7) is 0.177. The number of aliphatic hydroxyl groups excluding tert-OH is 1. The van der Waals surface area contributed by atoms with Crippen LogP contribution in [-0.2, 0) is 4.74 Å². The molecule has 0 fully saturated rings. The molecule has 152 valence electrons. The van der Waals surface area contributed by atoms with Crippen molar-refractivity contribution in [2.45, 2.75) is 38.1 Å². The minimum Gasteiger partial charge on any atom is -0.498 e. The van der Waals surface area contributed by atoms with Gasteiger partial charge >= 0.3 is 6.18 Å². The lowest BCUT2D eigenvalue weighted by molar-refractivity contribution is -0.142. The molecule has 0 amide bonds. The van der Waals surface area contributed by atoms with Gasteiger partial charge < -0.3 is 20.3 Å². The lowest BCUT2D eigenvalue weighted by Gasteiger charge is -2.29. The van der Waals surface area contributed by atoms with Gasteiger partial charge in [-0.1, -0.05) is 17.7 Å².